The second-order valence-electron chi connectivity index (χ2n) is 2.11. The number of nitrogens with one attached hydrogen (secondary N) is 1. The number of hydrogen-bond donors (Lipinski definition) is 1. The highest BCUT2D eigenvalue weighted by atomic mass is 16.1. The number of carbonyl (C=O) groups is 1. The molecule has 0 aliphatic heterocycles. The predicted octanol–water partition coefficient (Wildman–Crippen LogP) is 1.28. The van der Waals surface area contributed by atoms with Gasteiger partial charge < -0.3 is 5.32 Å². The molecule has 66 valence electrons. The molecule has 0 aromatic heterocycles. The highest BCUT2D eigenvalue weighted by Gasteiger charge is 1.99. The lowest BCUT2D eigenvalue weighted by Crippen LogP contribution is -2.18. The van der Waals surface area contributed by atoms with E-state index in [2.05, 4.69) is 16.9 Å². The van der Waals surface area contributed by atoms with Gasteiger partial charge in [0, 0.05) is 19.5 Å². The van der Waals surface area contributed by atoms with Gasteiger partial charge in [0.2, 0.25) is 0 Å². The standard InChI is InChI=1S/C9H14N2O/c1-4-6-11-7-8(5-2)9(12)10-3/h5-7H,2,4H2,1,3H3,(H,10,12)/b8-7+,11-6-. The monoisotopic (exact) mass is 166 g/mol. The van der Waals surface area contributed by atoms with Crippen molar-refractivity contribution in [3.63, 3.8) is 0 Å². The van der Waals surface area contributed by atoms with Crippen LogP contribution >= 0.6 is 0 Å². The maximum Gasteiger partial charge on any atom is 0.252 e. The molecule has 0 aromatic rings. The molecule has 0 aliphatic carbocycles. The van der Waals surface area contributed by atoms with Crippen molar-refractivity contribution in [2.24, 2.45) is 4.99 Å². The number of carbonyl (C=O) groups excluding carboxylic acids is 1. The van der Waals surface area contributed by atoms with Crippen molar-refractivity contribution in [3.8, 4) is 0 Å². The van der Waals surface area contributed by atoms with E-state index in [1.165, 1.54) is 12.3 Å². The summed E-state index contributed by atoms with van der Waals surface area (Å²) in [5.41, 5.74) is 0.474. The summed E-state index contributed by atoms with van der Waals surface area (Å²) in [5.74, 6) is -0.168. The first kappa shape index (κ1) is 10.6. The van der Waals surface area contributed by atoms with Crippen LogP contribution < -0.4 is 5.32 Å². The van der Waals surface area contributed by atoms with E-state index in [-0.39, 0.29) is 5.91 Å². The lowest BCUT2D eigenvalue weighted by Gasteiger charge is -1.96. The van der Waals surface area contributed by atoms with Crippen LogP contribution in [-0.2, 0) is 4.79 Å². The van der Waals surface area contributed by atoms with Crippen molar-refractivity contribution in [2.75, 3.05) is 7.05 Å². The van der Waals surface area contributed by atoms with E-state index in [1.807, 2.05) is 6.92 Å². The topological polar surface area (TPSA) is 41.5 Å². The first-order chi connectivity index (χ1) is 5.76. The van der Waals surface area contributed by atoms with Crippen LogP contribution in [0.15, 0.2) is 29.4 Å². The van der Waals surface area contributed by atoms with Crippen molar-refractivity contribution < 1.29 is 4.79 Å². The molecule has 0 heterocycles. The van der Waals surface area contributed by atoms with E-state index in [0.717, 1.165) is 6.42 Å². The van der Waals surface area contributed by atoms with Crippen molar-refractivity contribution in [3.05, 3.63) is 24.4 Å². The summed E-state index contributed by atoms with van der Waals surface area (Å²) < 4.78 is 0. The Hall–Kier alpha value is -1.38. The average molecular weight is 166 g/mol. The summed E-state index contributed by atoms with van der Waals surface area (Å²) in [7, 11) is 1.57. The minimum absolute atomic E-state index is 0.168. The predicted molar refractivity (Wildman–Crippen MR) is 51.1 cm³/mol. The van der Waals surface area contributed by atoms with Gasteiger partial charge in [0.05, 0.1) is 5.57 Å². The normalized spacial score (nSPS) is 11.7. The van der Waals surface area contributed by atoms with Crippen LogP contribution in [-0.4, -0.2) is 19.2 Å². The van der Waals surface area contributed by atoms with Gasteiger partial charge in [0.25, 0.3) is 5.91 Å². The molecule has 0 fully saturated rings. The van der Waals surface area contributed by atoms with E-state index >= 15 is 0 Å². The second kappa shape index (κ2) is 6.34. The Bertz CT molecular complexity index is 217. The molecule has 1 amide bonds. The Morgan fingerprint density at radius 3 is 2.75 bits per heavy atom. The fraction of sp³-hybridized carbons (Fsp3) is 0.333. The van der Waals surface area contributed by atoms with Crippen LogP contribution in [0, 0.1) is 0 Å². The third kappa shape index (κ3) is 3.71. The van der Waals surface area contributed by atoms with Gasteiger partial charge >= 0.3 is 0 Å². The molecule has 0 unspecified atom stereocenters. The molecule has 0 saturated carbocycles. The Kier molecular flexibility index (Phi) is 5.61. The smallest absolute Gasteiger partial charge is 0.252 e. The zero-order chi connectivity index (χ0) is 9.40. The minimum atomic E-state index is -0.168. The first-order valence-corrected chi connectivity index (χ1v) is 3.82. The SMILES string of the molecule is C=C/C(=C\N=C/CC)C(=O)NC. The fourth-order valence-electron chi connectivity index (χ4n) is 0.587. The maximum absolute atomic E-state index is 11.0. The molecular weight excluding hydrogens is 152 g/mol. The number of rotatable bonds is 4. The van der Waals surface area contributed by atoms with E-state index in [9.17, 15) is 4.79 Å². The summed E-state index contributed by atoms with van der Waals surface area (Å²) in [6, 6.07) is 0. The van der Waals surface area contributed by atoms with Gasteiger partial charge in [-0.2, -0.15) is 0 Å². The molecule has 0 atom stereocenters. The third-order valence-corrected chi connectivity index (χ3v) is 1.21. The van der Waals surface area contributed by atoms with Gasteiger partial charge in [-0.1, -0.05) is 19.6 Å². The van der Waals surface area contributed by atoms with Crippen molar-refractivity contribution in [1.82, 2.24) is 5.32 Å². The van der Waals surface area contributed by atoms with Crippen LogP contribution in [0.2, 0.25) is 0 Å². The molecule has 1 N–H and O–H groups in total. The lowest BCUT2D eigenvalue weighted by atomic mass is 10.3. The summed E-state index contributed by atoms with van der Waals surface area (Å²) in [4.78, 5) is 14.9. The second-order valence-corrected chi connectivity index (χ2v) is 2.11. The van der Waals surface area contributed by atoms with E-state index in [4.69, 9.17) is 0 Å². The van der Waals surface area contributed by atoms with Gasteiger partial charge in [-0.05, 0) is 6.42 Å². The van der Waals surface area contributed by atoms with Crippen LogP contribution in [0.5, 0.6) is 0 Å². The zero-order valence-electron chi connectivity index (χ0n) is 7.50. The van der Waals surface area contributed by atoms with Gasteiger partial charge in [-0.15, -0.1) is 0 Å². The van der Waals surface area contributed by atoms with E-state index in [1.54, 1.807) is 13.3 Å². The minimum Gasteiger partial charge on any atom is -0.355 e. The van der Waals surface area contributed by atoms with E-state index < -0.39 is 0 Å². The highest BCUT2D eigenvalue weighted by Crippen LogP contribution is 1.95. The van der Waals surface area contributed by atoms with Crippen LogP contribution in [0.1, 0.15) is 13.3 Å². The van der Waals surface area contributed by atoms with Crippen molar-refractivity contribution in [2.45, 2.75) is 13.3 Å². The van der Waals surface area contributed by atoms with Gasteiger partial charge in [-0.3, -0.25) is 9.79 Å². The molecule has 3 nitrogen and oxygen atoms in total. The number of nitrogens with zero attached hydrogens (tertiary/aromatic N) is 1. The Morgan fingerprint density at radius 2 is 2.33 bits per heavy atom. The summed E-state index contributed by atoms with van der Waals surface area (Å²) >= 11 is 0. The molecule has 0 aliphatic rings. The molecular formula is C9H14N2O. The molecule has 12 heavy (non-hydrogen) atoms. The Labute approximate surface area is 72.9 Å². The molecule has 0 rings (SSSR count). The quantitative estimate of drug-likeness (QED) is 0.381. The molecule has 0 spiro atoms. The number of aliphatic imine (C=N–C) groups is 1. The van der Waals surface area contributed by atoms with Crippen LogP contribution in [0.25, 0.3) is 0 Å². The van der Waals surface area contributed by atoms with E-state index in [0.29, 0.717) is 5.57 Å². The molecule has 0 saturated heterocycles. The first-order valence-electron chi connectivity index (χ1n) is 3.82. The summed E-state index contributed by atoms with van der Waals surface area (Å²) in [6.07, 6.45) is 5.56. The lowest BCUT2D eigenvalue weighted by molar-refractivity contribution is -0.116. The number of hydrogen-bond acceptors (Lipinski definition) is 2. The van der Waals surface area contributed by atoms with Crippen LogP contribution in [0.3, 0.4) is 0 Å². The summed E-state index contributed by atoms with van der Waals surface area (Å²) in [5, 5.41) is 2.49. The highest BCUT2D eigenvalue weighted by molar-refractivity contribution is 5.95. The summed E-state index contributed by atoms with van der Waals surface area (Å²) in [6.45, 7) is 5.48. The van der Waals surface area contributed by atoms with Gasteiger partial charge in [-0.25, -0.2) is 0 Å². The zero-order valence-corrected chi connectivity index (χ0v) is 7.50. The van der Waals surface area contributed by atoms with Crippen molar-refractivity contribution in [1.29, 1.82) is 0 Å². The van der Waals surface area contributed by atoms with Gasteiger partial charge in [0.1, 0.15) is 0 Å². The maximum atomic E-state index is 11.0. The molecule has 0 bridgehead atoms. The molecule has 0 radical (unpaired) electrons. The molecule has 3 heteroatoms. The third-order valence-electron chi connectivity index (χ3n) is 1.21. The largest absolute Gasteiger partial charge is 0.355 e. The van der Waals surface area contributed by atoms with Crippen molar-refractivity contribution >= 4 is 12.1 Å². The Morgan fingerprint density at radius 1 is 1.67 bits per heavy atom. The fourth-order valence-corrected chi connectivity index (χ4v) is 0.587. The van der Waals surface area contributed by atoms with Gasteiger partial charge in [0.15, 0.2) is 0 Å². The number of amides is 1. The molecule has 0 aromatic carbocycles. The number of likely N-dealkylation sites (N-methyl/N-ethyl adjacent to an activating group) is 1. The van der Waals surface area contributed by atoms with Crippen LogP contribution in [0.4, 0.5) is 0 Å². The Balaban J connectivity index is 4.32. The average Bonchev–Trinajstić information content (AvgIpc) is 2.11.